The Bertz CT molecular complexity index is 673. The maximum Gasteiger partial charge on any atom is 0.327 e. The highest BCUT2D eigenvalue weighted by Gasteiger charge is 2.30. The van der Waals surface area contributed by atoms with Gasteiger partial charge in [-0.2, -0.15) is 12.6 Å². The molecule has 0 aromatic carbocycles. The second kappa shape index (κ2) is 14.7. The first-order valence-corrected chi connectivity index (χ1v) is 11.2. The molecule has 0 aliphatic carbocycles. The summed E-state index contributed by atoms with van der Waals surface area (Å²) in [5.41, 5.74) is 11.1. The van der Waals surface area contributed by atoms with Crippen LogP contribution in [0.25, 0.3) is 0 Å². The maximum atomic E-state index is 12.9. The van der Waals surface area contributed by atoms with E-state index < -0.39 is 53.8 Å². The van der Waals surface area contributed by atoms with E-state index in [1.54, 1.807) is 0 Å². The van der Waals surface area contributed by atoms with Crippen molar-refractivity contribution < 1.29 is 29.1 Å². The Kier molecular flexibility index (Phi) is 13.6. The van der Waals surface area contributed by atoms with Crippen molar-refractivity contribution in [3.63, 3.8) is 0 Å². The lowest BCUT2D eigenvalue weighted by Gasteiger charge is -2.26. The fourth-order valence-electron chi connectivity index (χ4n) is 2.88. The Hall–Kier alpha value is -2.34. The molecule has 12 heteroatoms. The lowest BCUT2D eigenvalue weighted by molar-refractivity contribution is -0.141. The predicted molar refractivity (Wildman–Crippen MR) is 123 cm³/mol. The van der Waals surface area contributed by atoms with Crippen LogP contribution in [0.2, 0.25) is 0 Å². The van der Waals surface area contributed by atoms with Gasteiger partial charge in [0.05, 0.1) is 6.04 Å². The van der Waals surface area contributed by atoms with E-state index in [4.69, 9.17) is 16.6 Å². The standard InChI is InChI=1S/C20H37N5O6S/c1-10(2)7-12(21)17(27)23-13(5-6-16(22)26)18(28)24-14(8-11(3)4)19(29)25-15(9-32)20(30)31/h10-15,32H,5-9,21H2,1-4H3,(H2,22,26)(H,23,27)(H,24,28)(H,25,29)(H,30,31). The van der Waals surface area contributed by atoms with E-state index in [1.165, 1.54) is 0 Å². The van der Waals surface area contributed by atoms with Crippen molar-refractivity contribution in [2.24, 2.45) is 23.3 Å². The van der Waals surface area contributed by atoms with Crippen LogP contribution < -0.4 is 27.4 Å². The molecule has 0 spiro atoms. The Morgan fingerprint density at radius 3 is 1.72 bits per heavy atom. The van der Waals surface area contributed by atoms with Crippen LogP contribution in [0.1, 0.15) is 53.4 Å². The number of amides is 4. The summed E-state index contributed by atoms with van der Waals surface area (Å²) < 4.78 is 0. The molecule has 11 nitrogen and oxygen atoms in total. The lowest BCUT2D eigenvalue weighted by atomic mass is 10.0. The molecule has 0 aromatic rings. The van der Waals surface area contributed by atoms with Crippen LogP contribution in [-0.4, -0.2) is 64.6 Å². The molecular formula is C20H37N5O6S. The average molecular weight is 476 g/mol. The highest BCUT2D eigenvalue weighted by Crippen LogP contribution is 2.09. The molecule has 32 heavy (non-hydrogen) atoms. The average Bonchev–Trinajstić information content (AvgIpc) is 2.66. The number of primary amides is 1. The molecule has 0 saturated carbocycles. The number of nitrogens with two attached hydrogens (primary N) is 2. The Morgan fingerprint density at radius 1 is 0.812 bits per heavy atom. The van der Waals surface area contributed by atoms with E-state index in [0.717, 1.165) is 0 Å². The summed E-state index contributed by atoms with van der Waals surface area (Å²) in [6, 6.07) is -4.27. The summed E-state index contributed by atoms with van der Waals surface area (Å²) in [5, 5.41) is 16.5. The first-order valence-electron chi connectivity index (χ1n) is 10.6. The summed E-state index contributed by atoms with van der Waals surface area (Å²) in [6.45, 7) is 7.46. The molecule has 0 fully saturated rings. The third kappa shape index (κ3) is 11.9. The second-order valence-electron chi connectivity index (χ2n) is 8.57. The molecule has 4 unspecified atom stereocenters. The van der Waals surface area contributed by atoms with E-state index in [2.05, 4.69) is 28.6 Å². The lowest BCUT2D eigenvalue weighted by Crippen LogP contribution is -2.57. The molecule has 0 aromatic heterocycles. The van der Waals surface area contributed by atoms with Gasteiger partial charge in [-0.25, -0.2) is 4.79 Å². The first-order chi connectivity index (χ1) is 14.8. The van der Waals surface area contributed by atoms with Gasteiger partial charge in [0.2, 0.25) is 23.6 Å². The van der Waals surface area contributed by atoms with Gasteiger partial charge in [0.15, 0.2) is 0 Å². The minimum absolute atomic E-state index is 0.0107. The molecule has 0 aliphatic heterocycles. The number of thiol groups is 1. The number of rotatable bonds is 15. The Balaban J connectivity index is 5.47. The quantitative estimate of drug-likeness (QED) is 0.150. The monoisotopic (exact) mass is 475 g/mol. The van der Waals surface area contributed by atoms with Crippen molar-refractivity contribution in [3.8, 4) is 0 Å². The topological polar surface area (TPSA) is 194 Å². The molecule has 184 valence electrons. The van der Waals surface area contributed by atoms with Gasteiger partial charge in [0.25, 0.3) is 0 Å². The molecule has 4 atom stereocenters. The van der Waals surface area contributed by atoms with Gasteiger partial charge < -0.3 is 32.5 Å². The molecule has 0 saturated heterocycles. The van der Waals surface area contributed by atoms with Gasteiger partial charge in [0, 0.05) is 12.2 Å². The summed E-state index contributed by atoms with van der Waals surface area (Å²) >= 11 is 3.91. The number of carbonyl (C=O) groups excluding carboxylic acids is 4. The second-order valence-corrected chi connectivity index (χ2v) is 8.94. The van der Waals surface area contributed by atoms with E-state index in [-0.39, 0.29) is 36.9 Å². The summed E-state index contributed by atoms with van der Waals surface area (Å²) in [6.07, 6.45) is 0.375. The van der Waals surface area contributed by atoms with Crippen molar-refractivity contribution in [1.82, 2.24) is 16.0 Å². The van der Waals surface area contributed by atoms with Crippen LogP contribution in [-0.2, 0) is 24.0 Å². The number of aliphatic carboxylic acids is 1. The summed E-state index contributed by atoms with van der Waals surface area (Å²) in [5.74, 6) is -3.85. The van der Waals surface area contributed by atoms with Crippen molar-refractivity contribution in [1.29, 1.82) is 0 Å². The van der Waals surface area contributed by atoms with Gasteiger partial charge in [-0.3, -0.25) is 19.2 Å². The first kappa shape index (κ1) is 29.7. The highest BCUT2D eigenvalue weighted by molar-refractivity contribution is 7.80. The van der Waals surface area contributed by atoms with Crippen LogP contribution in [0.5, 0.6) is 0 Å². The van der Waals surface area contributed by atoms with Crippen molar-refractivity contribution >= 4 is 42.2 Å². The molecular weight excluding hydrogens is 438 g/mol. The third-order valence-corrected chi connectivity index (χ3v) is 4.88. The minimum Gasteiger partial charge on any atom is -0.480 e. The fraction of sp³-hybridized carbons (Fsp3) is 0.750. The van der Waals surface area contributed by atoms with E-state index in [1.807, 2.05) is 27.7 Å². The van der Waals surface area contributed by atoms with Gasteiger partial charge in [0.1, 0.15) is 18.1 Å². The maximum absolute atomic E-state index is 12.9. The molecule has 0 radical (unpaired) electrons. The van der Waals surface area contributed by atoms with Crippen LogP contribution in [0.15, 0.2) is 0 Å². The number of hydrogen-bond acceptors (Lipinski definition) is 7. The predicted octanol–water partition coefficient (Wildman–Crippen LogP) is -0.860. The Labute approximate surface area is 194 Å². The zero-order chi connectivity index (χ0) is 25.0. The number of carbonyl (C=O) groups is 5. The van der Waals surface area contributed by atoms with Gasteiger partial charge in [-0.15, -0.1) is 0 Å². The van der Waals surface area contributed by atoms with Crippen molar-refractivity contribution in [3.05, 3.63) is 0 Å². The summed E-state index contributed by atoms with van der Waals surface area (Å²) in [4.78, 5) is 60.3. The zero-order valence-corrected chi connectivity index (χ0v) is 20.0. The van der Waals surface area contributed by atoms with Crippen LogP contribution >= 0.6 is 12.6 Å². The van der Waals surface area contributed by atoms with Crippen LogP contribution in [0.4, 0.5) is 0 Å². The zero-order valence-electron chi connectivity index (χ0n) is 19.1. The largest absolute Gasteiger partial charge is 0.480 e. The minimum atomic E-state index is -1.26. The number of nitrogens with one attached hydrogen (secondary N) is 3. The normalized spacial score (nSPS) is 14.9. The van der Waals surface area contributed by atoms with Gasteiger partial charge >= 0.3 is 5.97 Å². The number of carboxylic acids is 1. The van der Waals surface area contributed by atoms with Crippen LogP contribution in [0.3, 0.4) is 0 Å². The van der Waals surface area contributed by atoms with E-state index in [9.17, 15) is 24.0 Å². The molecule has 8 N–H and O–H groups in total. The van der Waals surface area contributed by atoms with Crippen molar-refractivity contribution in [2.75, 3.05) is 5.75 Å². The van der Waals surface area contributed by atoms with E-state index in [0.29, 0.717) is 6.42 Å². The third-order valence-electron chi connectivity index (χ3n) is 4.51. The fourth-order valence-corrected chi connectivity index (χ4v) is 3.13. The van der Waals surface area contributed by atoms with Crippen LogP contribution in [0, 0.1) is 11.8 Å². The molecule has 0 bridgehead atoms. The Morgan fingerprint density at radius 2 is 1.28 bits per heavy atom. The molecule has 0 aliphatic rings. The number of hydrogen-bond donors (Lipinski definition) is 7. The number of carboxylic acid groups (broad SMARTS) is 1. The summed E-state index contributed by atoms with van der Waals surface area (Å²) in [7, 11) is 0. The smallest absolute Gasteiger partial charge is 0.327 e. The molecule has 0 heterocycles. The molecule has 0 rings (SSSR count). The highest BCUT2D eigenvalue weighted by atomic mass is 32.1. The molecule has 4 amide bonds. The van der Waals surface area contributed by atoms with Gasteiger partial charge in [-0.1, -0.05) is 27.7 Å². The SMILES string of the molecule is CC(C)CC(N)C(=O)NC(CCC(N)=O)C(=O)NC(CC(C)C)C(=O)NC(CS)C(=O)O. The van der Waals surface area contributed by atoms with Crippen molar-refractivity contribution in [2.45, 2.75) is 77.5 Å². The van der Waals surface area contributed by atoms with Gasteiger partial charge in [-0.05, 0) is 31.1 Å². The van der Waals surface area contributed by atoms with E-state index >= 15 is 0 Å².